The smallest absolute Gasteiger partial charge is 0.198 e. The Labute approximate surface area is 168 Å². The van der Waals surface area contributed by atoms with Gasteiger partial charge in [0.05, 0.1) is 11.5 Å². The van der Waals surface area contributed by atoms with E-state index in [-0.39, 0.29) is 24.0 Å². The van der Waals surface area contributed by atoms with Crippen LogP contribution in [0.1, 0.15) is 32.1 Å². The maximum atomic E-state index is 11.6. The Hall–Kier alpha value is -0.830. The lowest BCUT2D eigenvalue weighted by Gasteiger charge is -2.31. The molecular formula is C18H28IN3O2S. The number of sulfone groups is 1. The third-order valence-corrected chi connectivity index (χ3v) is 6.57. The molecule has 140 valence electrons. The fourth-order valence-electron chi connectivity index (χ4n) is 3.31. The van der Waals surface area contributed by atoms with Gasteiger partial charge in [-0.2, -0.15) is 0 Å². The van der Waals surface area contributed by atoms with E-state index >= 15 is 0 Å². The molecule has 7 heteroatoms. The first-order valence-corrected chi connectivity index (χ1v) is 10.8. The summed E-state index contributed by atoms with van der Waals surface area (Å²) in [6, 6.07) is 10.1. The number of aliphatic imine (C=N–C) groups is 1. The van der Waals surface area contributed by atoms with Gasteiger partial charge in [-0.15, -0.1) is 24.0 Å². The van der Waals surface area contributed by atoms with Gasteiger partial charge in [0, 0.05) is 25.3 Å². The van der Waals surface area contributed by atoms with Gasteiger partial charge in [-0.05, 0) is 50.2 Å². The average Bonchev–Trinajstić information content (AvgIpc) is 2.61. The largest absolute Gasteiger partial charge is 0.343 e. The van der Waals surface area contributed by atoms with Crippen LogP contribution >= 0.6 is 24.0 Å². The molecule has 0 spiro atoms. The molecule has 2 saturated heterocycles. The molecule has 1 aromatic carbocycles. The monoisotopic (exact) mass is 477 g/mol. The van der Waals surface area contributed by atoms with E-state index in [4.69, 9.17) is 4.99 Å². The van der Waals surface area contributed by atoms with E-state index in [0.29, 0.717) is 24.0 Å². The van der Waals surface area contributed by atoms with Crippen LogP contribution in [-0.2, 0) is 9.84 Å². The minimum Gasteiger partial charge on any atom is -0.343 e. The van der Waals surface area contributed by atoms with Crippen molar-refractivity contribution in [1.82, 2.24) is 4.90 Å². The van der Waals surface area contributed by atoms with E-state index in [2.05, 4.69) is 10.2 Å². The Bertz CT molecular complexity index is 644. The van der Waals surface area contributed by atoms with Crippen molar-refractivity contribution < 1.29 is 8.42 Å². The van der Waals surface area contributed by atoms with E-state index in [1.54, 1.807) is 0 Å². The van der Waals surface area contributed by atoms with Crippen LogP contribution in [0.4, 0.5) is 5.69 Å². The van der Waals surface area contributed by atoms with Crippen molar-refractivity contribution in [2.45, 2.75) is 32.1 Å². The quantitative estimate of drug-likeness (QED) is 0.412. The Morgan fingerprint density at radius 2 is 1.72 bits per heavy atom. The summed E-state index contributed by atoms with van der Waals surface area (Å²) in [7, 11) is -2.80. The summed E-state index contributed by atoms with van der Waals surface area (Å²) < 4.78 is 23.1. The third kappa shape index (κ3) is 6.44. The molecule has 0 bridgehead atoms. The Kier molecular flexibility index (Phi) is 7.99. The lowest BCUT2D eigenvalue weighted by Crippen LogP contribution is -2.40. The average molecular weight is 477 g/mol. The maximum absolute atomic E-state index is 11.6. The van der Waals surface area contributed by atoms with Gasteiger partial charge in [0.2, 0.25) is 0 Å². The van der Waals surface area contributed by atoms with Crippen LogP contribution in [0.3, 0.4) is 0 Å². The highest BCUT2D eigenvalue weighted by molar-refractivity contribution is 14.0. The molecule has 2 aliphatic heterocycles. The molecule has 25 heavy (non-hydrogen) atoms. The first kappa shape index (κ1) is 20.5. The lowest BCUT2D eigenvalue weighted by atomic mass is 10.0. The number of hydrogen-bond acceptors (Lipinski definition) is 3. The normalized spacial score (nSPS) is 21.4. The predicted molar refractivity (Wildman–Crippen MR) is 115 cm³/mol. The summed E-state index contributed by atoms with van der Waals surface area (Å²) in [5.41, 5.74) is 1.05. The Balaban J connectivity index is 0.00000225. The number of guanidine groups is 1. The van der Waals surface area contributed by atoms with E-state index < -0.39 is 9.84 Å². The number of benzene rings is 1. The summed E-state index contributed by atoms with van der Waals surface area (Å²) in [6.07, 6.45) is 5.18. The van der Waals surface area contributed by atoms with Gasteiger partial charge >= 0.3 is 0 Å². The van der Waals surface area contributed by atoms with Crippen molar-refractivity contribution in [2.24, 2.45) is 10.9 Å². The van der Waals surface area contributed by atoms with Crippen molar-refractivity contribution in [2.75, 3.05) is 36.5 Å². The van der Waals surface area contributed by atoms with Crippen LogP contribution in [0.25, 0.3) is 0 Å². The number of piperidine rings is 1. The zero-order valence-electron chi connectivity index (χ0n) is 14.6. The highest BCUT2D eigenvalue weighted by Gasteiger charge is 2.24. The summed E-state index contributed by atoms with van der Waals surface area (Å²) >= 11 is 0. The van der Waals surface area contributed by atoms with Gasteiger partial charge in [-0.25, -0.2) is 8.42 Å². The molecule has 3 rings (SSSR count). The van der Waals surface area contributed by atoms with Gasteiger partial charge in [-0.1, -0.05) is 18.2 Å². The van der Waals surface area contributed by atoms with E-state index in [1.165, 1.54) is 19.3 Å². The van der Waals surface area contributed by atoms with Crippen LogP contribution in [0, 0.1) is 5.92 Å². The van der Waals surface area contributed by atoms with Gasteiger partial charge in [0.1, 0.15) is 9.84 Å². The minimum absolute atomic E-state index is 0. The number of nitrogens with one attached hydrogen (secondary N) is 1. The molecule has 0 aliphatic carbocycles. The molecule has 0 aromatic heterocycles. The van der Waals surface area contributed by atoms with Crippen molar-refractivity contribution in [3.63, 3.8) is 0 Å². The molecule has 0 unspecified atom stereocenters. The Morgan fingerprint density at radius 3 is 2.36 bits per heavy atom. The number of para-hydroxylation sites is 1. The standard InChI is InChI=1S/C18H27N3O2S.HI/c22-24(23)13-9-16(10-14-24)15-19-18(21-11-5-2-6-12-21)20-17-7-3-1-4-8-17;/h1,3-4,7-8,16H,2,5-6,9-15H2,(H,19,20);1H. The first-order valence-electron chi connectivity index (χ1n) is 8.94. The Morgan fingerprint density at radius 1 is 1.08 bits per heavy atom. The lowest BCUT2D eigenvalue weighted by molar-refractivity contribution is 0.339. The van der Waals surface area contributed by atoms with Crippen molar-refractivity contribution >= 4 is 45.5 Å². The summed E-state index contributed by atoms with van der Waals surface area (Å²) in [4.78, 5) is 7.18. The van der Waals surface area contributed by atoms with Crippen molar-refractivity contribution in [3.05, 3.63) is 30.3 Å². The van der Waals surface area contributed by atoms with E-state index in [1.807, 2.05) is 30.3 Å². The number of likely N-dealkylation sites (tertiary alicyclic amines) is 1. The molecule has 0 amide bonds. The second-order valence-corrected chi connectivity index (χ2v) is 9.10. The van der Waals surface area contributed by atoms with Crippen LogP contribution in [0.15, 0.2) is 35.3 Å². The molecule has 1 aromatic rings. The number of hydrogen-bond donors (Lipinski definition) is 1. The van der Waals surface area contributed by atoms with Gasteiger partial charge in [0.25, 0.3) is 0 Å². The molecule has 1 N–H and O–H groups in total. The molecule has 2 heterocycles. The van der Waals surface area contributed by atoms with E-state index in [0.717, 1.165) is 37.6 Å². The molecule has 0 atom stereocenters. The highest BCUT2D eigenvalue weighted by atomic mass is 127. The van der Waals surface area contributed by atoms with Crippen LogP contribution in [0.5, 0.6) is 0 Å². The summed E-state index contributed by atoms with van der Waals surface area (Å²) in [5.74, 6) is 1.96. The molecule has 2 fully saturated rings. The second-order valence-electron chi connectivity index (χ2n) is 6.80. The highest BCUT2D eigenvalue weighted by Crippen LogP contribution is 2.20. The van der Waals surface area contributed by atoms with Crippen molar-refractivity contribution in [1.29, 1.82) is 0 Å². The molecule has 0 saturated carbocycles. The topological polar surface area (TPSA) is 61.8 Å². The van der Waals surface area contributed by atoms with E-state index in [9.17, 15) is 8.42 Å². The summed E-state index contributed by atoms with van der Waals surface area (Å²) in [6.45, 7) is 2.79. The predicted octanol–water partition coefficient (Wildman–Crippen LogP) is 3.38. The molecule has 5 nitrogen and oxygen atoms in total. The zero-order chi connectivity index (χ0) is 16.8. The number of halogens is 1. The second kappa shape index (κ2) is 9.75. The molecular weight excluding hydrogens is 449 g/mol. The number of rotatable bonds is 3. The maximum Gasteiger partial charge on any atom is 0.198 e. The number of nitrogens with zero attached hydrogens (tertiary/aromatic N) is 2. The number of anilines is 1. The van der Waals surface area contributed by atoms with Crippen LogP contribution in [0.2, 0.25) is 0 Å². The fourth-order valence-corrected chi connectivity index (χ4v) is 4.90. The zero-order valence-corrected chi connectivity index (χ0v) is 17.7. The van der Waals surface area contributed by atoms with Crippen molar-refractivity contribution in [3.8, 4) is 0 Å². The van der Waals surface area contributed by atoms with Crippen LogP contribution < -0.4 is 5.32 Å². The molecule has 2 aliphatic rings. The van der Waals surface area contributed by atoms with Gasteiger partial charge in [-0.3, -0.25) is 4.99 Å². The fraction of sp³-hybridized carbons (Fsp3) is 0.611. The van der Waals surface area contributed by atoms with Gasteiger partial charge < -0.3 is 10.2 Å². The van der Waals surface area contributed by atoms with Crippen LogP contribution in [-0.4, -0.2) is 50.4 Å². The third-order valence-electron chi connectivity index (χ3n) is 4.86. The summed E-state index contributed by atoms with van der Waals surface area (Å²) in [5, 5.41) is 3.46. The first-order chi connectivity index (χ1) is 11.6. The molecule has 0 radical (unpaired) electrons. The van der Waals surface area contributed by atoms with Gasteiger partial charge in [0.15, 0.2) is 5.96 Å². The minimum atomic E-state index is -2.80. The SMILES string of the molecule is I.O=S1(=O)CCC(CN=C(Nc2ccccc2)N2CCCCC2)CC1.